The maximum atomic E-state index is 6.06. The molecule has 0 atom stereocenters. The summed E-state index contributed by atoms with van der Waals surface area (Å²) in [6.45, 7) is 1.84. The van der Waals surface area contributed by atoms with Gasteiger partial charge in [0.2, 0.25) is 16.9 Å². The van der Waals surface area contributed by atoms with E-state index >= 15 is 0 Å². The molecule has 0 aliphatic rings. The van der Waals surface area contributed by atoms with Gasteiger partial charge in [0.15, 0.2) is 11.6 Å². The van der Waals surface area contributed by atoms with Crippen molar-refractivity contribution in [2.45, 2.75) is 17.8 Å². The predicted molar refractivity (Wildman–Crippen MR) is 84.2 cm³/mol. The van der Waals surface area contributed by atoms with Crippen LogP contribution in [0, 0.1) is 6.92 Å². The number of furan rings is 2. The van der Waals surface area contributed by atoms with Crippen LogP contribution in [0.4, 0.5) is 0 Å². The lowest BCUT2D eigenvalue weighted by atomic mass is 10.2. The summed E-state index contributed by atoms with van der Waals surface area (Å²) in [4.78, 5) is 4.26. The highest BCUT2D eigenvalue weighted by molar-refractivity contribution is 7.98. The first-order valence-corrected chi connectivity index (χ1v) is 7.95. The molecule has 0 aliphatic carbocycles. The van der Waals surface area contributed by atoms with Crippen LogP contribution in [0.5, 0.6) is 0 Å². The van der Waals surface area contributed by atoms with Gasteiger partial charge < -0.3 is 19.2 Å². The molecule has 4 aromatic rings. The minimum absolute atomic E-state index is 0.402. The van der Waals surface area contributed by atoms with E-state index in [0.717, 1.165) is 11.3 Å². The zero-order valence-corrected chi connectivity index (χ0v) is 13.4. The van der Waals surface area contributed by atoms with Crippen LogP contribution < -0.4 is 5.84 Å². The van der Waals surface area contributed by atoms with Crippen LogP contribution in [0.2, 0.25) is 0 Å². The van der Waals surface area contributed by atoms with E-state index in [2.05, 4.69) is 20.3 Å². The lowest BCUT2D eigenvalue weighted by molar-refractivity contribution is 0.390. The Hall–Kier alpha value is -3.01. The molecule has 2 N–H and O–H groups in total. The fourth-order valence-electron chi connectivity index (χ4n) is 2.12. The molecule has 0 spiro atoms. The van der Waals surface area contributed by atoms with Crippen LogP contribution in [0.1, 0.15) is 11.7 Å². The molecule has 4 heterocycles. The van der Waals surface area contributed by atoms with Crippen molar-refractivity contribution in [1.82, 2.24) is 25.0 Å². The SMILES string of the molecule is Cc1occc1-c1nnc(SCc2nc(-c3ccco3)no2)n1N. The zero-order chi connectivity index (χ0) is 16.5. The van der Waals surface area contributed by atoms with Crippen molar-refractivity contribution in [1.29, 1.82) is 0 Å². The number of rotatable bonds is 5. The smallest absolute Gasteiger partial charge is 0.238 e. The second kappa shape index (κ2) is 5.89. The Morgan fingerprint density at radius 3 is 2.88 bits per heavy atom. The summed E-state index contributed by atoms with van der Waals surface area (Å²) in [6.07, 6.45) is 3.14. The molecule has 0 radical (unpaired) electrons. The molecule has 4 aromatic heterocycles. The van der Waals surface area contributed by atoms with Crippen molar-refractivity contribution in [3.05, 3.63) is 42.4 Å². The van der Waals surface area contributed by atoms with Crippen molar-refractivity contribution in [3.8, 4) is 23.0 Å². The van der Waals surface area contributed by atoms with Crippen LogP contribution in [-0.2, 0) is 5.75 Å². The highest BCUT2D eigenvalue weighted by atomic mass is 32.2. The van der Waals surface area contributed by atoms with Gasteiger partial charge in [-0.3, -0.25) is 0 Å². The number of hydrogen-bond donors (Lipinski definition) is 1. The number of nitrogens with two attached hydrogens (primary N) is 1. The molecule has 0 aromatic carbocycles. The molecule has 0 aliphatic heterocycles. The van der Waals surface area contributed by atoms with Crippen molar-refractivity contribution < 1.29 is 13.4 Å². The average Bonchev–Trinajstić information content (AvgIpc) is 3.33. The van der Waals surface area contributed by atoms with E-state index in [1.54, 1.807) is 30.7 Å². The van der Waals surface area contributed by atoms with Gasteiger partial charge in [-0.25, -0.2) is 4.68 Å². The van der Waals surface area contributed by atoms with Gasteiger partial charge in [0.25, 0.3) is 0 Å². The van der Waals surface area contributed by atoms with E-state index in [1.165, 1.54) is 16.4 Å². The number of hydrogen-bond acceptors (Lipinski definition) is 9. The largest absolute Gasteiger partial charge is 0.469 e. The molecule has 0 amide bonds. The van der Waals surface area contributed by atoms with Gasteiger partial charge >= 0.3 is 0 Å². The van der Waals surface area contributed by atoms with Gasteiger partial charge in [0.1, 0.15) is 5.76 Å². The third-order valence-corrected chi connectivity index (χ3v) is 4.23. The monoisotopic (exact) mass is 344 g/mol. The minimum Gasteiger partial charge on any atom is -0.469 e. The van der Waals surface area contributed by atoms with Crippen LogP contribution in [0.3, 0.4) is 0 Å². The second-order valence-electron chi connectivity index (χ2n) is 4.84. The molecule has 0 unspecified atom stereocenters. The molecular formula is C14H12N6O3S. The minimum atomic E-state index is 0.402. The van der Waals surface area contributed by atoms with E-state index in [1.807, 2.05) is 6.92 Å². The van der Waals surface area contributed by atoms with E-state index in [0.29, 0.717) is 34.2 Å². The predicted octanol–water partition coefficient (Wildman–Crippen LogP) is 2.50. The first-order valence-electron chi connectivity index (χ1n) is 6.96. The second-order valence-corrected chi connectivity index (χ2v) is 5.79. The fraction of sp³-hybridized carbons (Fsp3) is 0.143. The van der Waals surface area contributed by atoms with Crippen molar-refractivity contribution in [2.24, 2.45) is 0 Å². The van der Waals surface area contributed by atoms with Crippen LogP contribution in [-0.4, -0.2) is 25.0 Å². The standard InChI is InChI=1S/C14H12N6O3S/c1-8-9(4-6-21-8)13-17-18-14(20(13)15)24-7-11-16-12(19-23-11)10-3-2-5-22-10/h2-6H,7,15H2,1H3. The zero-order valence-electron chi connectivity index (χ0n) is 12.5. The average molecular weight is 344 g/mol. The summed E-state index contributed by atoms with van der Waals surface area (Å²) in [5.41, 5.74) is 0.801. The summed E-state index contributed by atoms with van der Waals surface area (Å²) in [5.74, 6) is 9.12. The first-order chi connectivity index (χ1) is 11.7. The Morgan fingerprint density at radius 1 is 1.21 bits per heavy atom. The maximum Gasteiger partial charge on any atom is 0.238 e. The third-order valence-electron chi connectivity index (χ3n) is 3.30. The number of aryl methyl sites for hydroxylation is 1. The molecule has 0 saturated carbocycles. The van der Waals surface area contributed by atoms with Crippen molar-refractivity contribution in [3.63, 3.8) is 0 Å². The molecule has 4 rings (SSSR count). The molecule has 9 nitrogen and oxygen atoms in total. The Balaban J connectivity index is 1.49. The van der Waals surface area contributed by atoms with Gasteiger partial charge in [-0.1, -0.05) is 16.9 Å². The van der Waals surface area contributed by atoms with Gasteiger partial charge in [-0.15, -0.1) is 10.2 Å². The molecule has 0 fully saturated rings. The Kier molecular flexibility index (Phi) is 3.58. The molecule has 0 bridgehead atoms. The highest BCUT2D eigenvalue weighted by Crippen LogP contribution is 2.27. The number of aromatic nitrogens is 5. The highest BCUT2D eigenvalue weighted by Gasteiger charge is 2.17. The van der Waals surface area contributed by atoms with E-state index in [9.17, 15) is 0 Å². The fourth-order valence-corrected chi connectivity index (χ4v) is 2.82. The van der Waals surface area contributed by atoms with Crippen molar-refractivity contribution in [2.75, 3.05) is 5.84 Å². The summed E-state index contributed by atoms with van der Waals surface area (Å²) in [6, 6.07) is 5.32. The summed E-state index contributed by atoms with van der Waals surface area (Å²) < 4.78 is 17.1. The number of nitrogens with zero attached hydrogens (tertiary/aromatic N) is 5. The third kappa shape index (κ3) is 2.56. The normalized spacial score (nSPS) is 11.2. The number of nitrogen functional groups attached to an aromatic ring is 1. The lowest BCUT2D eigenvalue weighted by Gasteiger charge is -2.01. The molecular weight excluding hydrogens is 332 g/mol. The first kappa shape index (κ1) is 14.6. The summed E-state index contributed by atoms with van der Waals surface area (Å²) >= 11 is 1.34. The Labute approximate surface area is 139 Å². The van der Waals surface area contributed by atoms with Crippen LogP contribution >= 0.6 is 11.8 Å². The van der Waals surface area contributed by atoms with Gasteiger partial charge in [0.05, 0.1) is 23.8 Å². The summed E-state index contributed by atoms with van der Waals surface area (Å²) in [7, 11) is 0. The van der Waals surface area contributed by atoms with Crippen molar-refractivity contribution >= 4 is 11.8 Å². The van der Waals surface area contributed by atoms with E-state index < -0.39 is 0 Å². The van der Waals surface area contributed by atoms with E-state index in [4.69, 9.17) is 19.2 Å². The van der Waals surface area contributed by atoms with Gasteiger partial charge in [0, 0.05) is 0 Å². The van der Waals surface area contributed by atoms with E-state index in [-0.39, 0.29) is 0 Å². The Bertz CT molecular complexity index is 955. The van der Waals surface area contributed by atoms with Gasteiger partial charge in [-0.05, 0) is 25.1 Å². The molecule has 0 saturated heterocycles. The molecule has 24 heavy (non-hydrogen) atoms. The molecule has 10 heteroatoms. The maximum absolute atomic E-state index is 6.06. The molecule has 122 valence electrons. The van der Waals surface area contributed by atoms with Crippen LogP contribution in [0.15, 0.2) is 49.2 Å². The lowest BCUT2D eigenvalue weighted by Crippen LogP contribution is -2.11. The topological polar surface area (TPSA) is 122 Å². The van der Waals surface area contributed by atoms with Gasteiger partial charge in [-0.2, -0.15) is 4.98 Å². The summed E-state index contributed by atoms with van der Waals surface area (Å²) in [5, 5.41) is 12.6. The number of thioether (sulfide) groups is 1. The quantitative estimate of drug-likeness (QED) is 0.429. The van der Waals surface area contributed by atoms with Crippen LogP contribution in [0.25, 0.3) is 23.0 Å². The Morgan fingerprint density at radius 2 is 2.12 bits per heavy atom.